The zero-order valence-electron chi connectivity index (χ0n) is 12.1. The van der Waals surface area contributed by atoms with E-state index in [0.717, 1.165) is 33.5 Å². The molecule has 2 aromatic carbocycles. The molecule has 1 aromatic heterocycles. The van der Waals surface area contributed by atoms with E-state index < -0.39 is 6.10 Å². The first-order valence-electron chi connectivity index (χ1n) is 6.87. The highest BCUT2D eigenvalue weighted by molar-refractivity contribution is 5.79. The number of benzene rings is 2. The summed E-state index contributed by atoms with van der Waals surface area (Å²) in [6, 6.07) is 17.3. The van der Waals surface area contributed by atoms with Crippen molar-refractivity contribution in [3.8, 4) is 5.75 Å². The Bertz CT molecular complexity index is 766. The van der Waals surface area contributed by atoms with Crippen LogP contribution in [0.3, 0.4) is 0 Å². The van der Waals surface area contributed by atoms with Crippen molar-refractivity contribution in [3.63, 3.8) is 0 Å². The van der Waals surface area contributed by atoms with Crippen LogP contribution in [-0.4, -0.2) is 17.2 Å². The van der Waals surface area contributed by atoms with E-state index in [-0.39, 0.29) is 0 Å². The first kappa shape index (κ1) is 13.6. The van der Waals surface area contributed by atoms with Crippen LogP contribution >= 0.6 is 0 Å². The van der Waals surface area contributed by atoms with Gasteiger partial charge in [0.2, 0.25) is 0 Å². The molecule has 1 heterocycles. The molecule has 0 aliphatic rings. The minimum Gasteiger partial charge on any atom is -0.497 e. The summed E-state index contributed by atoms with van der Waals surface area (Å²) in [4.78, 5) is 4.47. The van der Waals surface area contributed by atoms with E-state index in [9.17, 15) is 5.11 Å². The van der Waals surface area contributed by atoms with Crippen LogP contribution in [0.15, 0.2) is 54.6 Å². The molecule has 3 nitrogen and oxygen atoms in total. The van der Waals surface area contributed by atoms with Crippen molar-refractivity contribution in [1.82, 2.24) is 4.98 Å². The fourth-order valence-electron chi connectivity index (χ4n) is 2.39. The van der Waals surface area contributed by atoms with Crippen LogP contribution in [0.25, 0.3) is 10.9 Å². The molecule has 3 aromatic rings. The lowest BCUT2D eigenvalue weighted by atomic mass is 10.00. The Morgan fingerprint density at radius 3 is 2.38 bits per heavy atom. The molecule has 0 spiro atoms. The first-order chi connectivity index (χ1) is 10.2. The zero-order chi connectivity index (χ0) is 14.8. The topological polar surface area (TPSA) is 42.4 Å². The molecular weight excluding hydrogens is 262 g/mol. The number of hydrogen-bond acceptors (Lipinski definition) is 3. The van der Waals surface area contributed by atoms with Gasteiger partial charge in [-0.1, -0.05) is 24.3 Å². The number of fused-ring (bicyclic) bond motifs is 1. The number of aryl methyl sites for hydroxylation is 1. The Balaban J connectivity index is 1.96. The van der Waals surface area contributed by atoms with Crippen molar-refractivity contribution >= 4 is 10.9 Å². The van der Waals surface area contributed by atoms with Crippen molar-refractivity contribution in [3.05, 3.63) is 71.4 Å². The van der Waals surface area contributed by atoms with Crippen LogP contribution in [0.5, 0.6) is 5.75 Å². The Kier molecular flexibility index (Phi) is 3.59. The highest BCUT2D eigenvalue weighted by Gasteiger charge is 2.11. The van der Waals surface area contributed by atoms with E-state index in [1.165, 1.54) is 0 Å². The Hall–Kier alpha value is -2.39. The average molecular weight is 279 g/mol. The summed E-state index contributed by atoms with van der Waals surface area (Å²) in [5, 5.41) is 11.5. The molecule has 3 rings (SSSR count). The molecule has 1 atom stereocenters. The van der Waals surface area contributed by atoms with E-state index in [1.54, 1.807) is 7.11 Å². The van der Waals surface area contributed by atoms with Crippen molar-refractivity contribution < 1.29 is 9.84 Å². The molecule has 0 bridgehead atoms. The molecule has 0 saturated heterocycles. The van der Waals surface area contributed by atoms with Gasteiger partial charge < -0.3 is 9.84 Å². The second-order valence-corrected chi connectivity index (χ2v) is 5.08. The number of rotatable bonds is 3. The maximum absolute atomic E-state index is 10.5. The second-order valence-electron chi connectivity index (χ2n) is 5.08. The van der Waals surface area contributed by atoms with Crippen LogP contribution < -0.4 is 4.74 Å². The molecule has 3 heteroatoms. The standard InChI is InChI=1S/C18H17NO2/c1-12-3-4-14-11-15(7-10-17(14)19-12)18(20)13-5-8-16(21-2)9-6-13/h3-11,18,20H,1-2H3. The van der Waals surface area contributed by atoms with E-state index >= 15 is 0 Å². The Morgan fingerprint density at radius 2 is 1.67 bits per heavy atom. The van der Waals surface area contributed by atoms with E-state index in [2.05, 4.69) is 4.98 Å². The lowest BCUT2D eigenvalue weighted by Crippen LogP contribution is -2.00. The Morgan fingerprint density at radius 1 is 0.952 bits per heavy atom. The molecule has 1 unspecified atom stereocenters. The van der Waals surface area contributed by atoms with Gasteiger partial charge in [0.1, 0.15) is 11.9 Å². The predicted octanol–water partition coefficient (Wildman–Crippen LogP) is 3.63. The Labute approximate surface area is 123 Å². The number of aliphatic hydroxyl groups is 1. The number of methoxy groups -OCH3 is 1. The van der Waals surface area contributed by atoms with Crippen LogP contribution in [0.2, 0.25) is 0 Å². The summed E-state index contributed by atoms with van der Waals surface area (Å²) in [6.45, 7) is 1.97. The van der Waals surface area contributed by atoms with Crippen molar-refractivity contribution in [2.45, 2.75) is 13.0 Å². The van der Waals surface area contributed by atoms with E-state index in [0.29, 0.717) is 0 Å². The van der Waals surface area contributed by atoms with Gasteiger partial charge in [-0.15, -0.1) is 0 Å². The van der Waals surface area contributed by atoms with Gasteiger partial charge in [-0.25, -0.2) is 0 Å². The van der Waals surface area contributed by atoms with Crippen LogP contribution in [0.1, 0.15) is 22.9 Å². The summed E-state index contributed by atoms with van der Waals surface area (Å²) in [7, 11) is 1.63. The third-order valence-corrected chi connectivity index (χ3v) is 3.60. The van der Waals surface area contributed by atoms with Gasteiger partial charge in [-0.3, -0.25) is 4.98 Å². The van der Waals surface area contributed by atoms with Gasteiger partial charge >= 0.3 is 0 Å². The molecule has 1 N–H and O–H groups in total. The maximum atomic E-state index is 10.5. The minimum absolute atomic E-state index is 0.651. The predicted molar refractivity (Wildman–Crippen MR) is 83.5 cm³/mol. The molecule has 21 heavy (non-hydrogen) atoms. The number of nitrogens with zero attached hydrogens (tertiary/aromatic N) is 1. The van der Waals surface area contributed by atoms with E-state index in [4.69, 9.17) is 4.74 Å². The summed E-state index contributed by atoms with van der Waals surface area (Å²) in [5.74, 6) is 0.782. The minimum atomic E-state index is -0.651. The number of pyridine rings is 1. The average Bonchev–Trinajstić information content (AvgIpc) is 2.53. The molecule has 0 saturated carbocycles. The summed E-state index contributed by atoms with van der Waals surface area (Å²) in [6.07, 6.45) is -0.651. The second kappa shape index (κ2) is 5.54. The maximum Gasteiger partial charge on any atom is 0.118 e. The van der Waals surface area contributed by atoms with Gasteiger partial charge in [-0.2, -0.15) is 0 Å². The summed E-state index contributed by atoms with van der Waals surface area (Å²) >= 11 is 0. The SMILES string of the molecule is COc1ccc(C(O)c2ccc3nc(C)ccc3c2)cc1. The first-order valence-corrected chi connectivity index (χ1v) is 6.87. The fourth-order valence-corrected chi connectivity index (χ4v) is 2.39. The number of ether oxygens (including phenoxy) is 1. The quantitative estimate of drug-likeness (QED) is 0.796. The largest absolute Gasteiger partial charge is 0.497 e. The third kappa shape index (κ3) is 2.73. The van der Waals surface area contributed by atoms with Crippen LogP contribution in [0.4, 0.5) is 0 Å². The summed E-state index contributed by atoms with van der Waals surface area (Å²) in [5.41, 5.74) is 3.64. The smallest absolute Gasteiger partial charge is 0.118 e. The van der Waals surface area contributed by atoms with Gasteiger partial charge in [0.05, 0.1) is 12.6 Å². The van der Waals surface area contributed by atoms with Crippen molar-refractivity contribution in [1.29, 1.82) is 0 Å². The van der Waals surface area contributed by atoms with Gasteiger partial charge in [-0.05, 0) is 48.4 Å². The molecule has 0 aliphatic carbocycles. The number of hydrogen-bond donors (Lipinski definition) is 1. The fraction of sp³-hybridized carbons (Fsp3) is 0.167. The molecule has 0 amide bonds. The van der Waals surface area contributed by atoms with Crippen molar-refractivity contribution in [2.24, 2.45) is 0 Å². The lowest BCUT2D eigenvalue weighted by molar-refractivity contribution is 0.220. The van der Waals surface area contributed by atoms with Gasteiger partial charge in [0.15, 0.2) is 0 Å². The van der Waals surface area contributed by atoms with Gasteiger partial charge in [0, 0.05) is 11.1 Å². The number of aliphatic hydroxyl groups excluding tert-OH is 1. The molecular formula is C18H17NO2. The highest BCUT2D eigenvalue weighted by Crippen LogP contribution is 2.26. The molecule has 0 radical (unpaired) electrons. The summed E-state index contributed by atoms with van der Waals surface area (Å²) < 4.78 is 5.13. The monoisotopic (exact) mass is 279 g/mol. The van der Waals surface area contributed by atoms with Crippen molar-refractivity contribution in [2.75, 3.05) is 7.11 Å². The highest BCUT2D eigenvalue weighted by atomic mass is 16.5. The molecule has 0 aliphatic heterocycles. The lowest BCUT2D eigenvalue weighted by Gasteiger charge is -2.13. The van der Waals surface area contributed by atoms with E-state index in [1.807, 2.05) is 61.5 Å². The molecule has 106 valence electrons. The molecule has 0 fully saturated rings. The normalized spacial score (nSPS) is 12.3. The van der Waals surface area contributed by atoms with Gasteiger partial charge in [0.25, 0.3) is 0 Å². The van der Waals surface area contributed by atoms with Crippen LogP contribution in [-0.2, 0) is 0 Å². The zero-order valence-corrected chi connectivity index (χ0v) is 12.1. The number of aromatic nitrogens is 1. The third-order valence-electron chi connectivity index (χ3n) is 3.60. The van der Waals surface area contributed by atoms with Crippen LogP contribution in [0, 0.1) is 6.92 Å².